The van der Waals surface area contributed by atoms with Gasteiger partial charge in [-0.05, 0) is 25.5 Å². The molecule has 2 atom stereocenters. The lowest BCUT2D eigenvalue weighted by Crippen LogP contribution is -2.52. The lowest BCUT2D eigenvalue weighted by Gasteiger charge is -2.35. The number of aryl methyl sites for hydroxylation is 1. The third-order valence-electron chi connectivity index (χ3n) is 5.03. The fourth-order valence-electron chi connectivity index (χ4n) is 3.71. The normalized spacial score (nSPS) is 25.1. The molecule has 8 heteroatoms. The van der Waals surface area contributed by atoms with Gasteiger partial charge in [-0.3, -0.25) is 14.6 Å². The molecule has 0 unspecified atom stereocenters. The van der Waals surface area contributed by atoms with Crippen molar-refractivity contribution in [3.05, 3.63) is 29.8 Å². The van der Waals surface area contributed by atoms with E-state index < -0.39 is 15.8 Å². The number of nitrogens with zero attached hydrogens (tertiary/aromatic N) is 3. The van der Waals surface area contributed by atoms with E-state index in [1.807, 2.05) is 31.2 Å². The number of carbonyl (C=O) groups is 2. The third kappa shape index (κ3) is 3.76. The molecule has 0 bridgehead atoms. The molecule has 3 rings (SSSR count). The largest absolute Gasteiger partial charge is 0.312 e. The number of hydrazine groups is 1. The van der Waals surface area contributed by atoms with Crippen LogP contribution in [0.2, 0.25) is 0 Å². The molecule has 0 radical (unpaired) electrons. The highest BCUT2D eigenvalue weighted by Gasteiger charge is 2.42. The number of amides is 2. The summed E-state index contributed by atoms with van der Waals surface area (Å²) in [6, 6.07) is 7.28. The van der Waals surface area contributed by atoms with Crippen LogP contribution in [0.5, 0.6) is 0 Å². The second-order valence-electron chi connectivity index (χ2n) is 7.33. The fraction of sp³-hybridized carbons (Fsp3) is 0.556. The second-order valence-corrected chi connectivity index (χ2v) is 9.56. The van der Waals surface area contributed by atoms with Gasteiger partial charge in [0, 0.05) is 32.7 Å². The Morgan fingerprint density at radius 2 is 1.85 bits per heavy atom. The summed E-state index contributed by atoms with van der Waals surface area (Å²) in [5.74, 6) is -0.632. The Bertz CT molecular complexity index is 804. The molecule has 1 aromatic rings. The highest BCUT2D eigenvalue weighted by atomic mass is 32.2. The first-order chi connectivity index (χ1) is 12.2. The van der Waals surface area contributed by atoms with Gasteiger partial charge in [0.2, 0.25) is 11.8 Å². The highest BCUT2D eigenvalue weighted by Crippen LogP contribution is 2.28. The summed E-state index contributed by atoms with van der Waals surface area (Å²) in [6.45, 7) is 2.30. The van der Waals surface area contributed by atoms with Crippen molar-refractivity contribution in [2.24, 2.45) is 5.92 Å². The van der Waals surface area contributed by atoms with Gasteiger partial charge in [-0.1, -0.05) is 17.7 Å². The van der Waals surface area contributed by atoms with Gasteiger partial charge >= 0.3 is 0 Å². The first kappa shape index (κ1) is 18.8. The van der Waals surface area contributed by atoms with Crippen LogP contribution >= 0.6 is 0 Å². The molecule has 2 saturated heterocycles. The van der Waals surface area contributed by atoms with Crippen LogP contribution in [0.3, 0.4) is 0 Å². The van der Waals surface area contributed by atoms with Crippen LogP contribution in [0.25, 0.3) is 0 Å². The van der Waals surface area contributed by atoms with Crippen LogP contribution in [0, 0.1) is 12.8 Å². The molecule has 1 aromatic carbocycles. The third-order valence-corrected chi connectivity index (χ3v) is 6.78. The number of carbonyl (C=O) groups excluding carboxylic acids is 2. The Kier molecular flexibility index (Phi) is 5.07. The number of rotatable bonds is 4. The zero-order valence-corrected chi connectivity index (χ0v) is 16.2. The van der Waals surface area contributed by atoms with E-state index in [4.69, 9.17) is 0 Å². The summed E-state index contributed by atoms with van der Waals surface area (Å²) in [4.78, 5) is 27.1. The lowest BCUT2D eigenvalue weighted by atomic mass is 10.1. The average molecular weight is 379 g/mol. The molecule has 0 aromatic heterocycles. The summed E-state index contributed by atoms with van der Waals surface area (Å²) >= 11 is 0. The topological polar surface area (TPSA) is 78.0 Å². The highest BCUT2D eigenvalue weighted by molar-refractivity contribution is 7.91. The van der Waals surface area contributed by atoms with Crippen molar-refractivity contribution in [1.82, 2.24) is 10.0 Å². The Labute approximate surface area is 154 Å². The number of sulfone groups is 1. The van der Waals surface area contributed by atoms with E-state index in [2.05, 4.69) is 0 Å². The molecule has 26 heavy (non-hydrogen) atoms. The standard InChI is InChI=1S/C18H25N3O4S/c1-13-4-6-15(7-5-13)20-11-14(10-17(20)22)18(23)21(19(2)3)16-8-9-26(24,25)12-16/h4-7,14,16H,8-12H2,1-3H3/t14-,16-/m1/s1. The zero-order chi connectivity index (χ0) is 19.1. The molecule has 2 aliphatic heterocycles. The van der Waals surface area contributed by atoms with E-state index in [1.54, 1.807) is 24.0 Å². The fourth-order valence-corrected chi connectivity index (χ4v) is 5.40. The molecule has 7 nitrogen and oxygen atoms in total. The maximum Gasteiger partial charge on any atom is 0.242 e. The summed E-state index contributed by atoms with van der Waals surface area (Å²) in [5, 5.41) is 3.17. The number of anilines is 1. The van der Waals surface area contributed by atoms with E-state index in [0.29, 0.717) is 13.0 Å². The minimum absolute atomic E-state index is 0.0146. The van der Waals surface area contributed by atoms with Crippen LogP contribution in [0.1, 0.15) is 18.4 Å². The molecular formula is C18H25N3O4S. The van der Waals surface area contributed by atoms with E-state index in [1.165, 1.54) is 5.01 Å². The van der Waals surface area contributed by atoms with Crippen molar-refractivity contribution < 1.29 is 18.0 Å². The predicted molar refractivity (Wildman–Crippen MR) is 99.2 cm³/mol. The Balaban J connectivity index is 1.76. The number of benzene rings is 1. The second kappa shape index (κ2) is 7.00. The molecule has 0 spiro atoms. The van der Waals surface area contributed by atoms with Crippen molar-refractivity contribution >= 4 is 27.3 Å². The van der Waals surface area contributed by atoms with Crippen molar-refractivity contribution in [3.63, 3.8) is 0 Å². The average Bonchev–Trinajstić information content (AvgIpc) is 3.11. The molecule has 2 heterocycles. The van der Waals surface area contributed by atoms with E-state index in [0.717, 1.165) is 11.3 Å². The molecule has 2 aliphatic rings. The van der Waals surface area contributed by atoms with Crippen molar-refractivity contribution in [2.75, 3.05) is 37.0 Å². The van der Waals surface area contributed by atoms with Gasteiger partial charge in [0.15, 0.2) is 9.84 Å². The van der Waals surface area contributed by atoms with E-state index in [9.17, 15) is 18.0 Å². The zero-order valence-electron chi connectivity index (χ0n) is 15.4. The van der Waals surface area contributed by atoms with Crippen LogP contribution in [-0.4, -0.2) is 68.4 Å². The minimum atomic E-state index is -3.10. The first-order valence-corrected chi connectivity index (χ1v) is 10.6. The number of hydrogen-bond donors (Lipinski definition) is 0. The van der Waals surface area contributed by atoms with Gasteiger partial charge in [0.05, 0.1) is 23.5 Å². The van der Waals surface area contributed by atoms with Gasteiger partial charge in [0.1, 0.15) is 0 Å². The molecule has 0 aliphatic carbocycles. The summed E-state index contributed by atoms with van der Waals surface area (Å²) in [7, 11) is 0.369. The summed E-state index contributed by atoms with van der Waals surface area (Å²) < 4.78 is 23.6. The van der Waals surface area contributed by atoms with Crippen molar-refractivity contribution in [3.8, 4) is 0 Å². The Hall–Kier alpha value is -1.93. The predicted octanol–water partition coefficient (Wildman–Crippen LogP) is 0.840. The molecule has 2 amide bonds. The van der Waals surface area contributed by atoms with Gasteiger partial charge in [-0.15, -0.1) is 0 Å². The van der Waals surface area contributed by atoms with Gasteiger partial charge in [0.25, 0.3) is 0 Å². The quantitative estimate of drug-likeness (QED) is 0.725. The molecule has 2 fully saturated rings. The Morgan fingerprint density at radius 3 is 2.38 bits per heavy atom. The SMILES string of the molecule is Cc1ccc(N2C[C@H](C(=O)N([C@@H]3CCS(=O)(=O)C3)N(C)C)CC2=O)cc1. The maximum atomic E-state index is 13.1. The van der Waals surface area contributed by atoms with E-state index in [-0.39, 0.29) is 35.8 Å². The van der Waals surface area contributed by atoms with Crippen LogP contribution in [0.15, 0.2) is 24.3 Å². The first-order valence-electron chi connectivity index (χ1n) is 8.76. The van der Waals surface area contributed by atoms with Crippen LogP contribution in [0.4, 0.5) is 5.69 Å². The van der Waals surface area contributed by atoms with Crippen LogP contribution < -0.4 is 4.90 Å². The molecule has 142 valence electrons. The maximum absolute atomic E-state index is 13.1. The van der Waals surface area contributed by atoms with Crippen molar-refractivity contribution in [2.45, 2.75) is 25.8 Å². The monoisotopic (exact) mass is 379 g/mol. The van der Waals surface area contributed by atoms with E-state index >= 15 is 0 Å². The van der Waals surface area contributed by atoms with Crippen molar-refractivity contribution in [1.29, 1.82) is 0 Å². The smallest absolute Gasteiger partial charge is 0.242 e. The molecule has 0 N–H and O–H groups in total. The molecule has 0 saturated carbocycles. The van der Waals surface area contributed by atoms with Crippen LogP contribution in [-0.2, 0) is 19.4 Å². The molecular weight excluding hydrogens is 354 g/mol. The van der Waals surface area contributed by atoms with Gasteiger partial charge in [-0.2, -0.15) is 0 Å². The van der Waals surface area contributed by atoms with Gasteiger partial charge in [-0.25, -0.2) is 13.4 Å². The minimum Gasteiger partial charge on any atom is -0.312 e. The Morgan fingerprint density at radius 1 is 1.19 bits per heavy atom. The summed E-state index contributed by atoms with van der Waals surface area (Å²) in [5.41, 5.74) is 1.89. The summed E-state index contributed by atoms with van der Waals surface area (Å²) in [6.07, 6.45) is 0.588. The lowest BCUT2D eigenvalue weighted by molar-refractivity contribution is -0.153. The van der Waals surface area contributed by atoms with Gasteiger partial charge < -0.3 is 4.90 Å². The number of hydrogen-bond acceptors (Lipinski definition) is 5.